The van der Waals surface area contributed by atoms with Crippen molar-refractivity contribution in [1.29, 1.82) is 0 Å². The molecule has 0 N–H and O–H groups in total. The molecule has 0 aromatic rings. The smallest absolute Gasteiger partial charge is 0.305 e. The Balaban J connectivity index is 3.23. The van der Waals surface area contributed by atoms with E-state index < -0.39 is 0 Å². The summed E-state index contributed by atoms with van der Waals surface area (Å²) in [5.74, 6) is -0.242. The van der Waals surface area contributed by atoms with Crippen LogP contribution in [0.25, 0.3) is 0 Å². The molecule has 0 fully saturated rings. The Morgan fingerprint density at radius 1 is 1.64 bits per heavy atom. The summed E-state index contributed by atoms with van der Waals surface area (Å²) in [4.78, 5) is 23.5. The van der Waals surface area contributed by atoms with Gasteiger partial charge in [-0.2, -0.15) is 0 Å². The second-order valence-corrected chi connectivity index (χ2v) is 1.88. The lowest BCUT2D eigenvalue weighted by Crippen LogP contribution is -2.03. The Hall–Kier alpha value is -1.15. The fourth-order valence-corrected chi connectivity index (χ4v) is 0.581. The lowest BCUT2D eigenvalue weighted by Gasteiger charge is -1.97. The summed E-state index contributed by atoms with van der Waals surface area (Å²) in [5, 5.41) is 0. The van der Waals surface area contributed by atoms with Gasteiger partial charge in [0.2, 0.25) is 6.08 Å². The summed E-state index contributed by atoms with van der Waals surface area (Å²) in [7, 11) is 0. The Kier molecular flexibility index (Phi) is 6.24. The number of ether oxygens (including phenoxy) is 1. The van der Waals surface area contributed by atoms with Crippen molar-refractivity contribution < 1.29 is 14.3 Å². The van der Waals surface area contributed by atoms with Crippen LogP contribution in [0, 0.1) is 0 Å². The number of hydrogen-bond acceptors (Lipinski definition) is 4. The van der Waals surface area contributed by atoms with Crippen molar-refractivity contribution in [2.24, 2.45) is 4.99 Å². The molecule has 0 aliphatic heterocycles. The third-order valence-corrected chi connectivity index (χ3v) is 1.02. The fraction of sp³-hybridized carbons (Fsp3) is 0.714. The van der Waals surface area contributed by atoms with Gasteiger partial charge in [0.15, 0.2) is 0 Å². The molecule has 11 heavy (non-hydrogen) atoms. The monoisotopic (exact) mass is 157 g/mol. The normalized spacial score (nSPS) is 8.45. The molecule has 0 radical (unpaired) electrons. The topological polar surface area (TPSA) is 55.7 Å². The van der Waals surface area contributed by atoms with Gasteiger partial charge in [0, 0.05) is 6.42 Å². The molecule has 0 atom stereocenters. The zero-order valence-electron chi connectivity index (χ0n) is 6.50. The molecule has 0 bridgehead atoms. The Morgan fingerprint density at radius 3 is 2.91 bits per heavy atom. The van der Waals surface area contributed by atoms with Crippen LogP contribution in [-0.4, -0.2) is 25.2 Å². The molecule has 0 amide bonds. The zero-order chi connectivity index (χ0) is 8.53. The summed E-state index contributed by atoms with van der Waals surface area (Å²) in [6, 6.07) is 0. The van der Waals surface area contributed by atoms with E-state index in [2.05, 4.69) is 9.73 Å². The highest BCUT2D eigenvalue weighted by Gasteiger charge is 1.98. The van der Waals surface area contributed by atoms with E-state index in [-0.39, 0.29) is 5.97 Å². The third-order valence-electron chi connectivity index (χ3n) is 1.02. The molecule has 0 aromatic carbocycles. The van der Waals surface area contributed by atoms with Crippen molar-refractivity contribution in [1.82, 2.24) is 0 Å². The second kappa shape index (κ2) is 6.96. The number of rotatable bonds is 5. The SMILES string of the molecule is CCOC(=O)CCCN=C=O. The standard InChI is InChI=1S/C7H11NO3/c1-2-11-7(10)4-3-5-8-6-9/h2-5H2,1H3. The number of esters is 1. The maximum Gasteiger partial charge on any atom is 0.305 e. The first kappa shape index (κ1) is 9.85. The van der Waals surface area contributed by atoms with Crippen LogP contribution >= 0.6 is 0 Å². The minimum absolute atomic E-state index is 0.242. The number of nitrogens with zero attached hydrogens (tertiary/aromatic N) is 1. The summed E-state index contributed by atoms with van der Waals surface area (Å²) >= 11 is 0. The molecule has 0 saturated heterocycles. The van der Waals surface area contributed by atoms with Crippen LogP contribution in [-0.2, 0) is 14.3 Å². The van der Waals surface area contributed by atoms with E-state index >= 15 is 0 Å². The van der Waals surface area contributed by atoms with Gasteiger partial charge in [-0.05, 0) is 13.3 Å². The van der Waals surface area contributed by atoms with Crippen LogP contribution < -0.4 is 0 Å². The molecule has 0 aliphatic carbocycles. The maximum atomic E-state index is 10.6. The van der Waals surface area contributed by atoms with Crippen molar-refractivity contribution in [2.75, 3.05) is 13.2 Å². The molecule has 0 saturated carbocycles. The number of carbonyl (C=O) groups is 1. The van der Waals surface area contributed by atoms with Gasteiger partial charge in [-0.3, -0.25) is 4.79 Å². The van der Waals surface area contributed by atoms with E-state index in [1.54, 1.807) is 6.92 Å². The summed E-state index contributed by atoms with van der Waals surface area (Å²) in [6.45, 7) is 2.50. The summed E-state index contributed by atoms with van der Waals surface area (Å²) in [5.41, 5.74) is 0. The lowest BCUT2D eigenvalue weighted by molar-refractivity contribution is -0.143. The largest absolute Gasteiger partial charge is 0.466 e. The van der Waals surface area contributed by atoms with Gasteiger partial charge < -0.3 is 4.74 Å². The third kappa shape index (κ3) is 6.74. The van der Waals surface area contributed by atoms with Crippen molar-refractivity contribution in [3.63, 3.8) is 0 Å². The molecular weight excluding hydrogens is 146 g/mol. The molecule has 0 unspecified atom stereocenters. The Labute approximate surface area is 65.3 Å². The number of aliphatic imine (C=N–C) groups is 1. The predicted octanol–water partition coefficient (Wildman–Crippen LogP) is 0.665. The predicted molar refractivity (Wildman–Crippen MR) is 38.9 cm³/mol. The van der Waals surface area contributed by atoms with Gasteiger partial charge in [0.25, 0.3) is 0 Å². The average Bonchev–Trinajstić information content (AvgIpc) is 1.99. The molecule has 0 aliphatic rings. The lowest BCUT2D eigenvalue weighted by atomic mass is 10.3. The minimum Gasteiger partial charge on any atom is -0.466 e. The molecule has 0 spiro atoms. The van der Waals surface area contributed by atoms with Gasteiger partial charge in [0.05, 0.1) is 13.2 Å². The van der Waals surface area contributed by atoms with Crippen molar-refractivity contribution in [3.8, 4) is 0 Å². The van der Waals surface area contributed by atoms with Crippen LogP contribution in [0.3, 0.4) is 0 Å². The quantitative estimate of drug-likeness (QED) is 0.255. The molecule has 0 aromatic heterocycles. The zero-order valence-corrected chi connectivity index (χ0v) is 6.50. The number of hydrogen-bond donors (Lipinski definition) is 0. The second-order valence-electron chi connectivity index (χ2n) is 1.88. The highest BCUT2D eigenvalue weighted by molar-refractivity contribution is 5.69. The van der Waals surface area contributed by atoms with Crippen LogP contribution in [0.2, 0.25) is 0 Å². The first-order chi connectivity index (χ1) is 5.31. The van der Waals surface area contributed by atoms with Gasteiger partial charge in [-0.1, -0.05) is 0 Å². The van der Waals surface area contributed by atoms with E-state index in [9.17, 15) is 9.59 Å². The van der Waals surface area contributed by atoms with Crippen LogP contribution in [0.4, 0.5) is 0 Å². The van der Waals surface area contributed by atoms with Crippen LogP contribution in [0.5, 0.6) is 0 Å². The fourth-order valence-electron chi connectivity index (χ4n) is 0.581. The van der Waals surface area contributed by atoms with Crippen molar-refractivity contribution in [3.05, 3.63) is 0 Å². The van der Waals surface area contributed by atoms with Gasteiger partial charge in [-0.15, -0.1) is 0 Å². The number of carbonyl (C=O) groups excluding carboxylic acids is 2. The van der Waals surface area contributed by atoms with E-state index in [0.29, 0.717) is 26.0 Å². The minimum atomic E-state index is -0.242. The molecule has 62 valence electrons. The van der Waals surface area contributed by atoms with Crippen molar-refractivity contribution in [2.45, 2.75) is 19.8 Å². The molecule has 0 heterocycles. The first-order valence-electron chi connectivity index (χ1n) is 3.50. The Bertz CT molecular complexity index is 161. The molecular formula is C7H11NO3. The molecule has 4 nitrogen and oxygen atoms in total. The highest BCUT2D eigenvalue weighted by atomic mass is 16.5. The van der Waals surface area contributed by atoms with E-state index in [1.807, 2.05) is 0 Å². The van der Waals surface area contributed by atoms with E-state index in [4.69, 9.17) is 0 Å². The van der Waals surface area contributed by atoms with Crippen molar-refractivity contribution >= 4 is 12.0 Å². The number of isocyanates is 1. The van der Waals surface area contributed by atoms with Gasteiger partial charge >= 0.3 is 5.97 Å². The van der Waals surface area contributed by atoms with E-state index in [0.717, 1.165) is 0 Å². The van der Waals surface area contributed by atoms with Gasteiger partial charge in [0.1, 0.15) is 0 Å². The van der Waals surface area contributed by atoms with E-state index in [1.165, 1.54) is 6.08 Å². The van der Waals surface area contributed by atoms with Crippen LogP contribution in [0.1, 0.15) is 19.8 Å². The van der Waals surface area contributed by atoms with Gasteiger partial charge in [-0.25, -0.2) is 9.79 Å². The Morgan fingerprint density at radius 2 is 2.36 bits per heavy atom. The maximum absolute atomic E-state index is 10.6. The first-order valence-corrected chi connectivity index (χ1v) is 3.50. The summed E-state index contributed by atoms with van der Waals surface area (Å²) in [6.07, 6.45) is 2.26. The highest BCUT2D eigenvalue weighted by Crippen LogP contribution is 1.92. The average molecular weight is 157 g/mol. The summed E-state index contributed by atoms with van der Waals surface area (Å²) < 4.78 is 4.64. The van der Waals surface area contributed by atoms with Crippen LogP contribution in [0.15, 0.2) is 4.99 Å². The molecule has 0 rings (SSSR count). The molecule has 4 heteroatoms.